The van der Waals surface area contributed by atoms with Gasteiger partial charge < -0.3 is 5.32 Å². The van der Waals surface area contributed by atoms with E-state index in [0.717, 1.165) is 5.56 Å². The highest BCUT2D eigenvalue weighted by molar-refractivity contribution is 5.96. The van der Waals surface area contributed by atoms with Gasteiger partial charge in [-0.15, -0.1) is 0 Å². The fourth-order valence-electron chi connectivity index (χ4n) is 1.06. The summed E-state index contributed by atoms with van der Waals surface area (Å²) >= 11 is 0. The monoisotopic (exact) mass is 175 g/mol. The number of carbonyl (C=O) groups excluding carboxylic acids is 1. The number of nitrogens with one attached hydrogen (secondary N) is 1. The lowest BCUT2D eigenvalue weighted by molar-refractivity contribution is -0.116. The highest BCUT2D eigenvalue weighted by Crippen LogP contribution is 2.05. The normalized spacial score (nSPS) is 11.1. The minimum atomic E-state index is -0.0381. The number of benzene rings is 1. The second-order valence-electron chi connectivity index (χ2n) is 2.82. The van der Waals surface area contributed by atoms with E-state index < -0.39 is 0 Å². The molecule has 0 saturated heterocycles. The first-order valence-corrected chi connectivity index (χ1v) is 4.19. The van der Waals surface area contributed by atoms with Crippen LogP contribution in [0.2, 0.25) is 0 Å². The summed E-state index contributed by atoms with van der Waals surface area (Å²) in [6, 6.07) is 9.78. The van der Waals surface area contributed by atoms with Gasteiger partial charge in [0.05, 0.1) is 0 Å². The second-order valence-corrected chi connectivity index (χ2v) is 2.82. The van der Waals surface area contributed by atoms with Crippen LogP contribution in [0.4, 0.5) is 0 Å². The molecular formula is C11H13NO. The van der Waals surface area contributed by atoms with Crippen LogP contribution in [0.5, 0.6) is 0 Å². The smallest absolute Gasteiger partial charge is 0.246 e. The molecule has 1 rings (SSSR count). The Balaban J connectivity index is 2.83. The Morgan fingerprint density at radius 2 is 1.92 bits per heavy atom. The molecule has 13 heavy (non-hydrogen) atoms. The SMILES string of the molecule is CNC(=O)/C(C)=C\c1ccccc1. The fraction of sp³-hybridized carbons (Fsp3) is 0.182. The van der Waals surface area contributed by atoms with Gasteiger partial charge in [0.25, 0.3) is 0 Å². The summed E-state index contributed by atoms with van der Waals surface area (Å²) in [4.78, 5) is 11.1. The minimum Gasteiger partial charge on any atom is -0.355 e. The molecule has 2 nitrogen and oxygen atoms in total. The highest BCUT2D eigenvalue weighted by atomic mass is 16.1. The first-order valence-electron chi connectivity index (χ1n) is 4.19. The third-order valence-electron chi connectivity index (χ3n) is 1.77. The Hall–Kier alpha value is -1.57. The van der Waals surface area contributed by atoms with Gasteiger partial charge in [-0.05, 0) is 18.6 Å². The number of rotatable bonds is 2. The topological polar surface area (TPSA) is 29.1 Å². The lowest BCUT2D eigenvalue weighted by atomic mass is 10.1. The zero-order valence-corrected chi connectivity index (χ0v) is 7.87. The van der Waals surface area contributed by atoms with Crippen LogP contribution in [0, 0.1) is 0 Å². The predicted molar refractivity (Wildman–Crippen MR) is 54.2 cm³/mol. The van der Waals surface area contributed by atoms with Crippen LogP contribution in [-0.4, -0.2) is 13.0 Å². The zero-order valence-electron chi connectivity index (χ0n) is 7.87. The van der Waals surface area contributed by atoms with Crippen LogP contribution in [0.25, 0.3) is 6.08 Å². The number of hydrogen-bond acceptors (Lipinski definition) is 1. The Morgan fingerprint density at radius 3 is 2.46 bits per heavy atom. The van der Waals surface area contributed by atoms with E-state index >= 15 is 0 Å². The average Bonchev–Trinajstić information content (AvgIpc) is 2.18. The summed E-state index contributed by atoms with van der Waals surface area (Å²) in [7, 11) is 1.63. The summed E-state index contributed by atoms with van der Waals surface area (Å²) in [5.41, 5.74) is 1.76. The molecule has 0 heterocycles. The van der Waals surface area contributed by atoms with Crippen molar-refractivity contribution >= 4 is 12.0 Å². The highest BCUT2D eigenvalue weighted by Gasteiger charge is 1.99. The maximum atomic E-state index is 11.1. The van der Waals surface area contributed by atoms with Crippen LogP contribution in [0.3, 0.4) is 0 Å². The van der Waals surface area contributed by atoms with Crippen molar-refractivity contribution < 1.29 is 4.79 Å². The molecule has 0 aromatic heterocycles. The van der Waals surface area contributed by atoms with Crippen LogP contribution in [0.1, 0.15) is 12.5 Å². The standard InChI is InChI=1S/C11H13NO/c1-9(11(13)12-2)8-10-6-4-3-5-7-10/h3-8H,1-2H3,(H,12,13)/b9-8-. The molecule has 1 amide bonds. The molecule has 0 fully saturated rings. The van der Waals surface area contributed by atoms with Gasteiger partial charge >= 0.3 is 0 Å². The molecule has 0 spiro atoms. The third kappa shape index (κ3) is 2.75. The van der Waals surface area contributed by atoms with E-state index in [1.807, 2.05) is 36.4 Å². The van der Waals surface area contributed by atoms with Gasteiger partial charge in [0, 0.05) is 12.6 Å². The average molecular weight is 175 g/mol. The number of carbonyl (C=O) groups is 1. The van der Waals surface area contributed by atoms with E-state index in [4.69, 9.17) is 0 Å². The molecule has 0 atom stereocenters. The molecule has 0 aliphatic heterocycles. The molecule has 68 valence electrons. The van der Waals surface area contributed by atoms with Gasteiger partial charge in [-0.3, -0.25) is 4.79 Å². The van der Waals surface area contributed by atoms with Gasteiger partial charge in [0.15, 0.2) is 0 Å². The largest absolute Gasteiger partial charge is 0.355 e. The first-order chi connectivity index (χ1) is 6.24. The Labute approximate surface area is 78.3 Å². The summed E-state index contributed by atoms with van der Waals surface area (Å²) in [6.07, 6.45) is 1.86. The van der Waals surface area contributed by atoms with Gasteiger partial charge in [0.1, 0.15) is 0 Å². The van der Waals surface area contributed by atoms with E-state index in [0.29, 0.717) is 5.57 Å². The van der Waals surface area contributed by atoms with Crippen molar-refractivity contribution in [3.63, 3.8) is 0 Å². The van der Waals surface area contributed by atoms with Crippen molar-refractivity contribution in [3.8, 4) is 0 Å². The molecule has 0 unspecified atom stereocenters. The summed E-state index contributed by atoms with van der Waals surface area (Å²) in [6.45, 7) is 1.80. The fourth-order valence-corrected chi connectivity index (χ4v) is 1.06. The summed E-state index contributed by atoms with van der Waals surface area (Å²) in [5, 5.41) is 2.58. The molecule has 2 heteroatoms. The van der Waals surface area contributed by atoms with Crippen molar-refractivity contribution in [1.82, 2.24) is 5.32 Å². The lowest BCUT2D eigenvalue weighted by Gasteiger charge is -1.98. The molecule has 1 aromatic rings. The van der Waals surface area contributed by atoms with E-state index in [9.17, 15) is 4.79 Å². The van der Waals surface area contributed by atoms with E-state index in [1.165, 1.54) is 0 Å². The lowest BCUT2D eigenvalue weighted by Crippen LogP contribution is -2.18. The molecule has 0 bridgehead atoms. The van der Waals surface area contributed by atoms with Crippen molar-refractivity contribution in [2.75, 3.05) is 7.05 Å². The van der Waals surface area contributed by atoms with E-state index in [-0.39, 0.29) is 5.91 Å². The maximum Gasteiger partial charge on any atom is 0.246 e. The van der Waals surface area contributed by atoms with Crippen LogP contribution in [-0.2, 0) is 4.79 Å². The van der Waals surface area contributed by atoms with Crippen LogP contribution >= 0.6 is 0 Å². The summed E-state index contributed by atoms with van der Waals surface area (Å²) < 4.78 is 0. The molecule has 0 aliphatic carbocycles. The van der Waals surface area contributed by atoms with Crippen LogP contribution in [0.15, 0.2) is 35.9 Å². The molecule has 1 aromatic carbocycles. The Bertz CT molecular complexity index is 314. The molecule has 0 saturated carbocycles. The van der Waals surface area contributed by atoms with Gasteiger partial charge in [0.2, 0.25) is 5.91 Å². The van der Waals surface area contributed by atoms with Crippen molar-refractivity contribution in [1.29, 1.82) is 0 Å². The van der Waals surface area contributed by atoms with Gasteiger partial charge in [-0.1, -0.05) is 30.3 Å². The number of likely N-dealkylation sites (N-methyl/N-ethyl adjacent to an activating group) is 1. The quantitative estimate of drug-likeness (QED) is 0.683. The molecule has 0 aliphatic rings. The second kappa shape index (κ2) is 4.45. The van der Waals surface area contributed by atoms with Crippen LogP contribution < -0.4 is 5.32 Å². The van der Waals surface area contributed by atoms with Crippen molar-refractivity contribution in [2.24, 2.45) is 0 Å². The Morgan fingerprint density at radius 1 is 1.31 bits per heavy atom. The summed E-state index contributed by atoms with van der Waals surface area (Å²) in [5.74, 6) is -0.0381. The van der Waals surface area contributed by atoms with Gasteiger partial charge in [-0.2, -0.15) is 0 Å². The Kier molecular flexibility index (Phi) is 3.26. The van der Waals surface area contributed by atoms with Crippen molar-refractivity contribution in [2.45, 2.75) is 6.92 Å². The molecule has 1 N–H and O–H groups in total. The molecular weight excluding hydrogens is 162 g/mol. The van der Waals surface area contributed by atoms with Gasteiger partial charge in [-0.25, -0.2) is 0 Å². The van der Waals surface area contributed by atoms with E-state index in [2.05, 4.69) is 5.32 Å². The number of amides is 1. The zero-order chi connectivity index (χ0) is 9.68. The number of hydrogen-bond donors (Lipinski definition) is 1. The first kappa shape index (κ1) is 9.52. The minimum absolute atomic E-state index is 0.0381. The van der Waals surface area contributed by atoms with Crippen molar-refractivity contribution in [3.05, 3.63) is 41.5 Å². The van der Waals surface area contributed by atoms with E-state index in [1.54, 1.807) is 14.0 Å². The third-order valence-corrected chi connectivity index (χ3v) is 1.77. The maximum absolute atomic E-state index is 11.1. The predicted octanol–water partition coefficient (Wildman–Crippen LogP) is 1.84. The molecule has 0 radical (unpaired) electrons.